The second-order valence-electron chi connectivity index (χ2n) is 8.27. The Balaban J connectivity index is 1.37. The molecular weight excluding hydrogens is 386 g/mol. The number of benzene rings is 2. The van der Waals surface area contributed by atoms with E-state index < -0.39 is 11.6 Å². The van der Waals surface area contributed by atoms with Crippen LogP contribution in [0.2, 0.25) is 0 Å². The van der Waals surface area contributed by atoms with Crippen molar-refractivity contribution in [3.05, 3.63) is 65.7 Å². The summed E-state index contributed by atoms with van der Waals surface area (Å²) in [5, 5.41) is 0.762. The molecule has 0 N–H and O–H groups in total. The fourth-order valence-corrected chi connectivity index (χ4v) is 5.07. The molecule has 0 aliphatic heterocycles. The van der Waals surface area contributed by atoms with Gasteiger partial charge in [-0.3, -0.25) is 0 Å². The van der Waals surface area contributed by atoms with Crippen LogP contribution in [0.15, 0.2) is 48.5 Å². The van der Waals surface area contributed by atoms with Gasteiger partial charge < -0.3 is 4.74 Å². The van der Waals surface area contributed by atoms with Crippen molar-refractivity contribution in [1.29, 1.82) is 0 Å². The van der Waals surface area contributed by atoms with Gasteiger partial charge in [-0.1, -0.05) is 54.5 Å². The Bertz CT molecular complexity index is 998. The van der Waals surface area contributed by atoms with Gasteiger partial charge >= 0.3 is 0 Å². The third kappa shape index (κ3) is 3.95. The first-order chi connectivity index (χ1) is 14.2. The minimum Gasteiger partial charge on any atom is -0.484 e. The number of halogens is 2. The van der Waals surface area contributed by atoms with E-state index in [4.69, 9.17) is 4.74 Å². The fraction of sp³-hybridized carbons (Fsp3) is 0.360. The topological polar surface area (TPSA) is 9.23 Å². The van der Waals surface area contributed by atoms with Crippen molar-refractivity contribution in [3.63, 3.8) is 0 Å². The van der Waals surface area contributed by atoms with Crippen LogP contribution in [0.3, 0.4) is 0 Å². The van der Waals surface area contributed by atoms with Crippen LogP contribution in [0.1, 0.15) is 50.0 Å². The Labute approximate surface area is 174 Å². The summed E-state index contributed by atoms with van der Waals surface area (Å²) in [7, 11) is 0. The molecule has 0 atom stereocenters. The highest BCUT2D eigenvalue weighted by Crippen LogP contribution is 2.39. The molecule has 1 nitrogen and oxygen atoms in total. The summed E-state index contributed by atoms with van der Waals surface area (Å²) < 4.78 is 35.5. The number of rotatable bonds is 6. The predicted octanol–water partition coefficient (Wildman–Crippen LogP) is 7.81. The van der Waals surface area contributed by atoms with Gasteiger partial charge in [0.2, 0.25) is 0 Å². The highest BCUT2D eigenvalue weighted by molar-refractivity contribution is 7.17. The van der Waals surface area contributed by atoms with Crippen LogP contribution in [-0.4, -0.2) is 6.61 Å². The molecule has 0 amide bonds. The van der Waals surface area contributed by atoms with Gasteiger partial charge in [-0.15, -0.1) is 0 Å². The summed E-state index contributed by atoms with van der Waals surface area (Å²) in [6, 6.07) is 15.0. The Morgan fingerprint density at radius 3 is 2.21 bits per heavy atom. The van der Waals surface area contributed by atoms with E-state index in [-0.39, 0.29) is 0 Å². The summed E-state index contributed by atoms with van der Waals surface area (Å²) >= 11 is 1.37. The molecule has 2 aliphatic rings. The molecule has 29 heavy (non-hydrogen) atoms. The van der Waals surface area contributed by atoms with Gasteiger partial charge in [0.05, 0.1) is 6.61 Å². The SMILES string of the molecule is Fc1c(-c2ccc(C3CCCC3)cc2)ccc(-c2ccc(OCC3CC3)s2)c1F. The maximum Gasteiger partial charge on any atom is 0.174 e. The predicted molar refractivity (Wildman–Crippen MR) is 115 cm³/mol. The van der Waals surface area contributed by atoms with E-state index in [9.17, 15) is 8.78 Å². The van der Waals surface area contributed by atoms with Crippen molar-refractivity contribution < 1.29 is 13.5 Å². The summed E-state index contributed by atoms with van der Waals surface area (Å²) in [6.45, 7) is 0.715. The highest BCUT2D eigenvalue weighted by Gasteiger charge is 2.23. The van der Waals surface area contributed by atoms with Crippen molar-refractivity contribution >= 4 is 11.3 Å². The molecule has 0 unspecified atom stereocenters. The Hall–Kier alpha value is -2.20. The van der Waals surface area contributed by atoms with Gasteiger partial charge in [-0.05, 0) is 66.8 Å². The molecule has 1 aromatic heterocycles. The second-order valence-corrected chi connectivity index (χ2v) is 9.31. The Morgan fingerprint density at radius 1 is 0.793 bits per heavy atom. The first kappa shape index (κ1) is 18.8. The van der Waals surface area contributed by atoms with Gasteiger partial charge in [0.25, 0.3) is 0 Å². The molecule has 0 radical (unpaired) electrons. The first-order valence-electron chi connectivity index (χ1n) is 10.5. The highest BCUT2D eigenvalue weighted by atomic mass is 32.1. The summed E-state index contributed by atoms with van der Waals surface area (Å²) in [5.74, 6) is -0.305. The van der Waals surface area contributed by atoms with Crippen LogP contribution in [0, 0.1) is 17.6 Å². The normalized spacial score (nSPS) is 17.0. The minimum absolute atomic E-state index is 0.292. The van der Waals surface area contributed by atoms with Crippen LogP contribution in [-0.2, 0) is 0 Å². The second kappa shape index (κ2) is 7.91. The zero-order valence-electron chi connectivity index (χ0n) is 16.3. The zero-order valence-corrected chi connectivity index (χ0v) is 17.1. The van der Waals surface area contributed by atoms with Crippen molar-refractivity contribution in [1.82, 2.24) is 0 Å². The molecule has 4 heteroatoms. The van der Waals surface area contributed by atoms with E-state index in [1.54, 1.807) is 18.2 Å². The van der Waals surface area contributed by atoms with Gasteiger partial charge in [-0.25, -0.2) is 8.78 Å². The lowest BCUT2D eigenvalue weighted by atomic mass is 9.94. The zero-order chi connectivity index (χ0) is 19.8. The average molecular weight is 411 g/mol. The quantitative estimate of drug-likeness (QED) is 0.403. The fourth-order valence-electron chi connectivity index (χ4n) is 4.18. The van der Waals surface area contributed by atoms with Crippen molar-refractivity contribution in [3.8, 4) is 26.6 Å². The maximum atomic E-state index is 14.9. The molecule has 2 fully saturated rings. The van der Waals surface area contributed by atoms with E-state index in [0.717, 1.165) is 5.06 Å². The van der Waals surface area contributed by atoms with Gasteiger partial charge in [0, 0.05) is 16.0 Å². The largest absolute Gasteiger partial charge is 0.484 e. The van der Waals surface area contributed by atoms with Crippen molar-refractivity contribution in [2.24, 2.45) is 5.92 Å². The summed E-state index contributed by atoms with van der Waals surface area (Å²) in [5.41, 5.74) is 2.63. The summed E-state index contributed by atoms with van der Waals surface area (Å²) in [6.07, 6.45) is 7.46. The van der Waals surface area contributed by atoms with Gasteiger partial charge in [0.15, 0.2) is 16.7 Å². The number of hydrogen-bond donors (Lipinski definition) is 0. The monoisotopic (exact) mass is 410 g/mol. The van der Waals surface area contributed by atoms with Gasteiger partial charge in [-0.2, -0.15) is 0 Å². The molecule has 0 saturated heterocycles. The number of thiophene rings is 1. The third-order valence-corrected chi connectivity index (χ3v) is 7.17. The molecule has 2 aromatic carbocycles. The standard InChI is InChI=1S/C25H24F2OS/c26-24-20(19-9-7-18(8-10-19)17-3-1-2-4-17)11-12-21(25(24)27)22-13-14-23(29-22)28-15-16-5-6-16/h7-14,16-17H,1-6,15H2. The molecule has 0 bridgehead atoms. The molecule has 150 valence electrons. The van der Waals surface area contributed by atoms with E-state index in [1.165, 1.54) is 55.4 Å². The summed E-state index contributed by atoms with van der Waals surface area (Å²) in [4.78, 5) is 0.690. The molecule has 1 heterocycles. The molecule has 3 aromatic rings. The van der Waals surface area contributed by atoms with Crippen molar-refractivity contribution in [2.75, 3.05) is 6.61 Å². The smallest absolute Gasteiger partial charge is 0.174 e. The molecule has 2 aliphatic carbocycles. The molecule has 2 saturated carbocycles. The molecule has 5 rings (SSSR count). The van der Waals surface area contributed by atoms with Gasteiger partial charge in [0.1, 0.15) is 0 Å². The van der Waals surface area contributed by atoms with E-state index in [2.05, 4.69) is 12.1 Å². The Kier molecular flexibility index (Phi) is 5.13. The van der Waals surface area contributed by atoms with Crippen LogP contribution >= 0.6 is 11.3 Å². The van der Waals surface area contributed by atoms with Crippen molar-refractivity contribution in [2.45, 2.75) is 44.4 Å². The number of ether oxygens (including phenoxy) is 1. The van der Waals surface area contributed by atoms with E-state index >= 15 is 0 Å². The van der Waals surface area contributed by atoms with Crippen LogP contribution in [0.25, 0.3) is 21.6 Å². The third-order valence-electron chi connectivity index (χ3n) is 6.14. The molecule has 0 spiro atoms. The lowest BCUT2D eigenvalue weighted by Crippen LogP contribution is -1.96. The average Bonchev–Trinajstić information content (AvgIpc) is 3.20. The minimum atomic E-state index is -0.794. The first-order valence-corrected chi connectivity index (χ1v) is 11.3. The van der Waals surface area contributed by atoms with Crippen LogP contribution < -0.4 is 4.74 Å². The van der Waals surface area contributed by atoms with E-state index in [0.29, 0.717) is 40.0 Å². The lowest BCUT2D eigenvalue weighted by molar-refractivity contribution is 0.308. The van der Waals surface area contributed by atoms with Crippen LogP contribution in [0.4, 0.5) is 8.78 Å². The van der Waals surface area contributed by atoms with E-state index in [1.807, 2.05) is 18.2 Å². The number of hydrogen-bond acceptors (Lipinski definition) is 2. The molecular formula is C25H24F2OS. The van der Waals surface area contributed by atoms with Crippen LogP contribution in [0.5, 0.6) is 5.06 Å². The Morgan fingerprint density at radius 2 is 1.48 bits per heavy atom. The lowest BCUT2D eigenvalue weighted by Gasteiger charge is -2.12. The maximum absolute atomic E-state index is 14.9.